The maximum absolute atomic E-state index is 12.1. The van der Waals surface area contributed by atoms with Crippen molar-refractivity contribution in [3.05, 3.63) is 34.7 Å². The van der Waals surface area contributed by atoms with Gasteiger partial charge in [-0.1, -0.05) is 12.1 Å². The van der Waals surface area contributed by atoms with Crippen molar-refractivity contribution in [2.24, 2.45) is 7.05 Å². The topological polar surface area (TPSA) is 98.7 Å². The number of fused-ring (bicyclic) bond motifs is 3. The molecule has 0 bridgehead atoms. The molecule has 0 spiro atoms. The average molecular weight is 260 g/mol. The summed E-state index contributed by atoms with van der Waals surface area (Å²) in [7, 11) is 1.60. The van der Waals surface area contributed by atoms with Crippen LogP contribution in [0.2, 0.25) is 0 Å². The number of aromatic nitrogens is 4. The molecule has 0 saturated heterocycles. The SMILES string of the molecule is Cn1c(=O)n2nc(OC(=O)O)nc2c2ccccc21. The molecular formula is C11H8N4O4. The first-order valence-corrected chi connectivity index (χ1v) is 5.33. The molecule has 0 aliphatic carbocycles. The normalized spacial score (nSPS) is 11.0. The van der Waals surface area contributed by atoms with Crippen LogP contribution in [0.1, 0.15) is 0 Å². The number of benzene rings is 1. The molecule has 0 radical (unpaired) electrons. The van der Waals surface area contributed by atoms with E-state index in [-0.39, 0.29) is 11.7 Å². The van der Waals surface area contributed by atoms with Crippen molar-refractivity contribution >= 4 is 22.7 Å². The lowest BCUT2D eigenvalue weighted by molar-refractivity contribution is 0.140. The highest BCUT2D eigenvalue weighted by Crippen LogP contribution is 2.17. The van der Waals surface area contributed by atoms with Crippen LogP contribution in [0.4, 0.5) is 4.79 Å². The monoisotopic (exact) mass is 260 g/mol. The number of rotatable bonds is 1. The van der Waals surface area contributed by atoms with Gasteiger partial charge in [0.15, 0.2) is 5.65 Å². The zero-order valence-corrected chi connectivity index (χ0v) is 9.77. The molecule has 3 rings (SSSR count). The van der Waals surface area contributed by atoms with Crippen molar-refractivity contribution in [2.75, 3.05) is 0 Å². The van der Waals surface area contributed by atoms with E-state index in [1.54, 1.807) is 31.3 Å². The van der Waals surface area contributed by atoms with Gasteiger partial charge in [-0.15, -0.1) is 5.10 Å². The predicted octanol–water partition coefficient (Wildman–Crippen LogP) is 0.638. The van der Waals surface area contributed by atoms with E-state index in [0.29, 0.717) is 10.9 Å². The van der Waals surface area contributed by atoms with E-state index < -0.39 is 11.8 Å². The van der Waals surface area contributed by atoms with Gasteiger partial charge >= 0.3 is 17.9 Å². The number of hydrogen-bond acceptors (Lipinski definition) is 5. The highest BCUT2D eigenvalue weighted by Gasteiger charge is 2.15. The molecule has 0 saturated carbocycles. The van der Waals surface area contributed by atoms with E-state index >= 15 is 0 Å². The fourth-order valence-corrected chi connectivity index (χ4v) is 1.92. The molecular weight excluding hydrogens is 252 g/mol. The van der Waals surface area contributed by atoms with E-state index in [4.69, 9.17) is 5.11 Å². The van der Waals surface area contributed by atoms with Crippen LogP contribution in [0.5, 0.6) is 6.01 Å². The molecule has 0 atom stereocenters. The Kier molecular flexibility index (Phi) is 2.24. The van der Waals surface area contributed by atoms with Crippen LogP contribution in [0.15, 0.2) is 29.1 Å². The minimum absolute atomic E-state index is 0.259. The Bertz CT molecular complexity index is 864. The predicted molar refractivity (Wildman–Crippen MR) is 64.4 cm³/mol. The van der Waals surface area contributed by atoms with Crippen LogP contribution in [-0.2, 0) is 7.05 Å². The molecule has 96 valence electrons. The molecule has 2 heterocycles. The van der Waals surface area contributed by atoms with Gasteiger partial charge in [0.25, 0.3) is 0 Å². The summed E-state index contributed by atoms with van der Waals surface area (Å²) in [6.45, 7) is 0. The summed E-state index contributed by atoms with van der Waals surface area (Å²) in [5, 5.41) is 12.9. The van der Waals surface area contributed by atoms with Crippen molar-refractivity contribution in [3.63, 3.8) is 0 Å². The van der Waals surface area contributed by atoms with Crippen LogP contribution in [0, 0.1) is 0 Å². The fraction of sp³-hybridized carbons (Fsp3) is 0.0909. The molecule has 8 nitrogen and oxygen atoms in total. The molecule has 0 aliphatic rings. The minimum Gasteiger partial charge on any atom is -0.449 e. The maximum Gasteiger partial charge on any atom is 0.513 e. The van der Waals surface area contributed by atoms with Crippen LogP contribution in [0.3, 0.4) is 0 Å². The largest absolute Gasteiger partial charge is 0.513 e. The fourth-order valence-electron chi connectivity index (χ4n) is 1.92. The second-order valence-electron chi connectivity index (χ2n) is 3.86. The van der Waals surface area contributed by atoms with Gasteiger partial charge in [0.1, 0.15) is 0 Å². The number of carbonyl (C=O) groups is 1. The molecule has 0 amide bonds. The van der Waals surface area contributed by atoms with E-state index in [0.717, 1.165) is 4.52 Å². The van der Waals surface area contributed by atoms with Crippen molar-refractivity contribution in [3.8, 4) is 6.01 Å². The first-order valence-electron chi connectivity index (χ1n) is 5.33. The van der Waals surface area contributed by atoms with Crippen molar-refractivity contribution in [1.29, 1.82) is 0 Å². The maximum atomic E-state index is 12.1. The molecule has 1 N–H and O–H groups in total. The summed E-state index contributed by atoms with van der Waals surface area (Å²) in [4.78, 5) is 26.4. The summed E-state index contributed by atoms with van der Waals surface area (Å²) in [6, 6.07) is 6.75. The minimum atomic E-state index is -1.53. The first-order chi connectivity index (χ1) is 9.08. The highest BCUT2D eigenvalue weighted by molar-refractivity contribution is 5.91. The van der Waals surface area contributed by atoms with Crippen LogP contribution < -0.4 is 10.4 Å². The molecule has 0 unspecified atom stereocenters. The summed E-state index contributed by atoms with van der Waals surface area (Å²) in [5.41, 5.74) is 0.505. The number of aryl methyl sites for hydroxylation is 1. The van der Waals surface area contributed by atoms with E-state index in [1.807, 2.05) is 0 Å². The zero-order chi connectivity index (χ0) is 13.6. The molecule has 1 aromatic carbocycles. The van der Waals surface area contributed by atoms with Gasteiger partial charge < -0.3 is 9.84 Å². The zero-order valence-electron chi connectivity index (χ0n) is 9.77. The third kappa shape index (κ3) is 1.61. The quantitative estimate of drug-likeness (QED) is 0.644. The van der Waals surface area contributed by atoms with Gasteiger partial charge in [0.05, 0.1) is 5.52 Å². The third-order valence-electron chi connectivity index (χ3n) is 2.74. The lowest BCUT2D eigenvalue weighted by Gasteiger charge is -2.04. The van der Waals surface area contributed by atoms with Crippen molar-refractivity contribution in [2.45, 2.75) is 0 Å². The van der Waals surface area contributed by atoms with E-state index in [2.05, 4.69) is 14.8 Å². The smallest absolute Gasteiger partial charge is 0.449 e. The second-order valence-corrected chi connectivity index (χ2v) is 3.86. The van der Waals surface area contributed by atoms with Crippen LogP contribution in [-0.4, -0.2) is 30.4 Å². The Morgan fingerprint density at radius 3 is 2.84 bits per heavy atom. The van der Waals surface area contributed by atoms with Crippen LogP contribution in [0.25, 0.3) is 16.6 Å². The Morgan fingerprint density at radius 1 is 1.37 bits per heavy atom. The number of para-hydroxylation sites is 1. The Hall–Kier alpha value is -2.90. The second kappa shape index (κ2) is 3.80. The molecule has 19 heavy (non-hydrogen) atoms. The van der Waals surface area contributed by atoms with Crippen molar-refractivity contribution < 1.29 is 14.6 Å². The Balaban J connectivity index is 2.44. The van der Waals surface area contributed by atoms with Gasteiger partial charge in [-0.25, -0.2) is 9.59 Å². The molecule has 2 aromatic heterocycles. The summed E-state index contributed by atoms with van der Waals surface area (Å²) in [6.07, 6.45) is -1.53. The number of ether oxygens (including phenoxy) is 1. The van der Waals surface area contributed by atoms with Gasteiger partial charge in [0.2, 0.25) is 0 Å². The third-order valence-corrected chi connectivity index (χ3v) is 2.74. The molecule has 0 aliphatic heterocycles. The Labute approximate surface area is 105 Å². The molecule has 8 heteroatoms. The first kappa shape index (κ1) is 11.2. The Morgan fingerprint density at radius 2 is 2.11 bits per heavy atom. The van der Waals surface area contributed by atoms with Gasteiger partial charge in [-0.05, 0) is 12.1 Å². The van der Waals surface area contributed by atoms with E-state index in [9.17, 15) is 9.59 Å². The average Bonchev–Trinajstić information content (AvgIpc) is 2.79. The summed E-state index contributed by atoms with van der Waals surface area (Å²) >= 11 is 0. The number of hydrogen-bond donors (Lipinski definition) is 1. The standard InChI is InChI=1S/C11H8N4O4/c1-14-7-5-3-2-4-6(7)8-12-9(19-11(17)18)13-15(8)10(14)16/h2-5H,1H3,(H,17,18). The van der Waals surface area contributed by atoms with Gasteiger partial charge in [0, 0.05) is 12.4 Å². The van der Waals surface area contributed by atoms with E-state index in [1.165, 1.54) is 4.57 Å². The molecule has 0 fully saturated rings. The molecule has 3 aromatic rings. The number of nitrogens with zero attached hydrogens (tertiary/aromatic N) is 4. The lowest BCUT2D eigenvalue weighted by atomic mass is 10.2. The number of carboxylic acid groups (broad SMARTS) is 1. The summed E-state index contributed by atoms with van der Waals surface area (Å²) in [5.74, 6) is 0. The van der Waals surface area contributed by atoms with Crippen LogP contribution >= 0.6 is 0 Å². The van der Waals surface area contributed by atoms with Crippen molar-refractivity contribution in [1.82, 2.24) is 19.2 Å². The lowest BCUT2D eigenvalue weighted by Crippen LogP contribution is -2.25. The summed E-state index contributed by atoms with van der Waals surface area (Å²) < 4.78 is 6.79. The highest BCUT2D eigenvalue weighted by atomic mass is 16.7. The van der Waals surface area contributed by atoms with Gasteiger partial charge in [-0.2, -0.15) is 9.50 Å². The van der Waals surface area contributed by atoms with Gasteiger partial charge in [-0.3, -0.25) is 4.57 Å².